The Balaban J connectivity index is 1.95. The summed E-state index contributed by atoms with van der Waals surface area (Å²) in [7, 11) is -4.02. The van der Waals surface area contributed by atoms with Gasteiger partial charge < -0.3 is 5.32 Å². The lowest BCUT2D eigenvalue weighted by Gasteiger charge is -2.23. The fourth-order valence-electron chi connectivity index (χ4n) is 2.49. The summed E-state index contributed by atoms with van der Waals surface area (Å²) in [5.74, 6) is 0.0644. The molecule has 31 heavy (non-hydrogen) atoms. The minimum absolute atomic E-state index is 0.283. The maximum Gasteiger partial charge on any atom is 0.417 e. The minimum atomic E-state index is -4.76. The lowest BCUT2D eigenvalue weighted by molar-refractivity contribution is -0.137. The number of carbonyl (C=O) groups is 1. The van der Waals surface area contributed by atoms with Gasteiger partial charge in [-0.15, -0.1) is 11.8 Å². The van der Waals surface area contributed by atoms with Crippen LogP contribution in [0.3, 0.4) is 0 Å². The molecule has 12 heteroatoms. The molecule has 0 bridgehead atoms. The van der Waals surface area contributed by atoms with Crippen molar-refractivity contribution in [2.75, 3.05) is 29.4 Å². The Hall–Kier alpha value is -1.62. The maximum absolute atomic E-state index is 13.1. The molecule has 1 amide bonds. The van der Waals surface area contributed by atoms with Gasteiger partial charge in [-0.3, -0.25) is 9.10 Å². The average Bonchev–Trinajstić information content (AvgIpc) is 2.66. The van der Waals surface area contributed by atoms with Gasteiger partial charge in [0.25, 0.3) is 0 Å². The Morgan fingerprint density at radius 2 is 1.77 bits per heavy atom. The lowest BCUT2D eigenvalue weighted by Crippen LogP contribution is -2.40. The maximum atomic E-state index is 13.1. The SMILES string of the molecule is CS(=O)(=O)N(CC(=O)NCCCSc1ccc(Cl)cc1)c1ccc(Cl)c(C(F)(F)F)c1. The third-order valence-corrected chi connectivity index (χ3v) is 6.78. The highest BCUT2D eigenvalue weighted by Gasteiger charge is 2.34. The zero-order chi connectivity index (χ0) is 23.2. The van der Waals surface area contributed by atoms with Gasteiger partial charge in [0.2, 0.25) is 15.9 Å². The number of halogens is 5. The van der Waals surface area contributed by atoms with Gasteiger partial charge in [0.05, 0.1) is 22.5 Å². The van der Waals surface area contributed by atoms with E-state index < -0.39 is 39.2 Å². The number of alkyl halides is 3. The summed E-state index contributed by atoms with van der Waals surface area (Å²) in [4.78, 5) is 13.2. The van der Waals surface area contributed by atoms with E-state index >= 15 is 0 Å². The zero-order valence-electron chi connectivity index (χ0n) is 16.2. The summed E-state index contributed by atoms with van der Waals surface area (Å²) in [6, 6.07) is 9.96. The van der Waals surface area contributed by atoms with Crippen LogP contribution in [0.25, 0.3) is 0 Å². The number of nitrogens with zero attached hydrogens (tertiary/aromatic N) is 1. The van der Waals surface area contributed by atoms with Crippen molar-refractivity contribution in [2.24, 2.45) is 0 Å². The molecule has 0 heterocycles. The predicted molar refractivity (Wildman–Crippen MR) is 118 cm³/mol. The first kappa shape index (κ1) is 25.6. The molecule has 170 valence electrons. The van der Waals surface area contributed by atoms with Crippen molar-refractivity contribution in [1.82, 2.24) is 5.32 Å². The van der Waals surface area contributed by atoms with Gasteiger partial charge in [0, 0.05) is 16.5 Å². The van der Waals surface area contributed by atoms with Gasteiger partial charge in [-0.05, 0) is 54.6 Å². The van der Waals surface area contributed by atoms with Crippen LogP contribution in [0, 0.1) is 0 Å². The van der Waals surface area contributed by atoms with Crippen molar-refractivity contribution in [3.8, 4) is 0 Å². The van der Waals surface area contributed by atoms with Crippen LogP contribution in [-0.2, 0) is 21.0 Å². The fourth-order valence-corrected chi connectivity index (χ4v) is 4.54. The summed E-state index contributed by atoms with van der Waals surface area (Å²) in [5.41, 5.74) is -1.48. The van der Waals surface area contributed by atoms with Crippen molar-refractivity contribution in [3.05, 3.63) is 58.1 Å². The number of nitrogens with one attached hydrogen (secondary N) is 1. The van der Waals surface area contributed by atoms with Crippen molar-refractivity contribution < 1.29 is 26.4 Å². The highest BCUT2D eigenvalue weighted by molar-refractivity contribution is 7.99. The van der Waals surface area contributed by atoms with Crippen molar-refractivity contribution >= 4 is 56.6 Å². The van der Waals surface area contributed by atoms with E-state index in [4.69, 9.17) is 23.2 Å². The van der Waals surface area contributed by atoms with E-state index in [-0.39, 0.29) is 12.2 Å². The second-order valence-corrected chi connectivity index (χ2v) is 10.4. The molecule has 5 nitrogen and oxygen atoms in total. The van der Waals surface area contributed by atoms with Crippen LogP contribution >= 0.6 is 35.0 Å². The van der Waals surface area contributed by atoms with Gasteiger partial charge in [-0.25, -0.2) is 8.42 Å². The van der Waals surface area contributed by atoms with Crippen LogP contribution in [-0.4, -0.2) is 39.4 Å². The molecule has 0 radical (unpaired) electrons. The molecule has 0 aliphatic rings. The summed E-state index contributed by atoms with van der Waals surface area (Å²) in [6.07, 6.45) is -3.34. The van der Waals surface area contributed by atoms with Gasteiger partial charge in [0.15, 0.2) is 0 Å². The number of hydrogen-bond donors (Lipinski definition) is 1. The number of hydrogen-bond acceptors (Lipinski definition) is 4. The minimum Gasteiger partial charge on any atom is -0.354 e. The standard InChI is InChI=1S/C19H19Cl2F3N2O3S2/c1-31(28,29)26(14-5-8-17(21)16(11-14)19(22,23)24)12-18(27)25-9-2-10-30-15-6-3-13(20)4-7-15/h3-8,11H,2,9-10,12H2,1H3,(H,25,27). The molecule has 2 aromatic rings. The van der Waals surface area contributed by atoms with Crippen LogP contribution in [0.1, 0.15) is 12.0 Å². The van der Waals surface area contributed by atoms with E-state index in [0.29, 0.717) is 27.6 Å². The smallest absolute Gasteiger partial charge is 0.354 e. The normalized spacial score (nSPS) is 11.9. The van der Waals surface area contributed by atoms with Crippen LogP contribution < -0.4 is 9.62 Å². The second-order valence-electron chi connectivity index (χ2n) is 6.44. The molecule has 2 aromatic carbocycles. The van der Waals surface area contributed by atoms with Gasteiger partial charge >= 0.3 is 6.18 Å². The van der Waals surface area contributed by atoms with Gasteiger partial charge in [-0.2, -0.15) is 13.2 Å². The lowest BCUT2D eigenvalue weighted by atomic mass is 10.2. The van der Waals surface area contributed by atoms with E-state index in [1.165, 1.54) is 0 Å². The summed E-state index contributed by atoms with van der Waals surface area (Å²) in [5, 5.41) is 2.65. The largest absolute Gasteiger partial charge is 0.417 e. The van der Waals surface area contributed by atoms with Crippen molar-refractivity contribution in [1.29, 1.82) is 0 Å². The monoisotopic (exact) mass is 514 g/mol. The first-order chi connectivity index (χ1) is 14.4. The van der Waals surface area contributed by atoms with Crippen molar-refractivity contribution in [3.63, 3.8) is 0 Å². The molecule has 0 spiro atoms. The Labute approximate surface area is 193 Å². The number of carbonyl (C=O) groups excluding carboxylic acids is 1. The summed E-state index contributed by atoms with van der Waals surface area (Å²) in [6.45, 7) is -0.368. The molecule has 0 aliphatic heterocycles. The first-order valence-electron chi connectivity index (χ1n) is 8.87. The molecule has 0 aromatic heterocycles. The first-order valence-corrected chi connectivity index (χ1v) is 12.5. The highest BCUT2D eigenvalue weighted by atomic mass is 35.5. The molecular weight excluding hydrogens is 496 g/mol. The third-order valence-electron chi connectivity index (χ3n) is 3.96. The van der Waals surface area contributed by atoms with Crippen molar-refractivity contribution in [2.45, 2.75) is 17.5 Å². The Kier molecular flexibility index (Phi) is 8.93. The molecule has 0 saturated heterocycles. The number of anilines is 1. The number of thioether (sulfide) groups is 1. The van der Waals surface area contributed by atoms with E-state index in [0.717, 1.165) is 23.3 Å². The highest BCUT2D eigenvalue weighted by Crippen LogP contribution is 2.37. The zero-order valence-corrected chi connectivity index (χ0v) is 19.4. The topological polar surface area (TPSA) is 66.5 Å². The van der Waals surface area contributed by atoms with E-state index in [2.05, 4.69) is 5.32 Å². The molecular formula is C19H19Cl2F3N2O3S2. The van der Waals surface area contributed by atoms with E-state index in [9.17, 15) is 26.4 Å². The van der Waals surface area contributed by atoms with Crippen LogP contribution in [0.2, 0.25) is 10.0 Å². The van der Waals surface area contributed by atoms with Gasteiger partial charge in [-0.1, -0.05) is 23.2 Å². The summed E-state index contributed by atoms with van der Waals surface area (Å²) >= 11 is 13.0. The number of rotatable bonds is 9. The molecule has 2 rings (SSSR count). The Bertz CT molecular complexity index is 1020. The second kappa shape index (κ2) is 10.8. The van der Waals surface area contributed by atoms with Crippen LogP contribution in [0.4, 0.5) is 18.9 Å². The molecule has 0 unspecified atom stereocenters. The van der Waals surface area contributed by atoms with E-state index in [1.54, 1.807) is 23.9 Å². The van der Waals surface area contributed by atoms with Crippen LogP contribution in [0.15, 0.2) is 47.4 Å². The fraction of sp³-hybridized carbons (Fsp3) is 0.316. The molecule has 0 aliphatic carbocycles. The molecule has 0 saturated carbocycles. The molecule has 1 N–H and O–H groups in total. The average molecular weight is 515 g/mol. The molecule has 0 fully saturated rings. The Morgan fingerprint density at radius 1 is 1.13 bits per heavy atom. The number of amides is 1. The quantitative estimate of drug-likeness (QED) is 0.374. The van der Waals surface area contributed by atoms with Crippen LogP contribution in [0.5, 0.6) is 0 Å². The van der Waals surface area contributed by atoms with Gasteiger partial charge in [0.1, 0.15) is 6.54 Å². The predicted octanol–water partition coefficient (Wildman–Crippen LogP) is 5.08. The number of benzene rings is 2. The molecule has 0 atom stereocenters. The van der Waals surface area contributed by atoms with E-state index in [1.807, 2.05) is 12.1 Å². The third kappa shape index (κ3) is 8.10. The Morgan fingerprint density at radius 3 is 2.35 bits per heavy atom. The number of sulfonamides is 1. The summed E-state index contributed by atoms with van der Waals surface area (Å²) < 4.78 is 64.1.